The smallest absolute Gasteiger partial charge is 0.0337 e. The van der Waals surface area contributed by atoms with E-state index in [2.05, 4.69) is 24.1 Å². The molecule has 0 unspecified atom stereocenters. The van der Waals surface area contributed by atoms with Crippen LogP contribution in [-0.4, -0.2) is 36.1 Å². The van der Waals surface area contributed by atoms with Gasteiger partial charge >= 0.3 is 0 Å². The summed E-state index contributed by atoms with van der Waals surface area (Å²) >= 11 is 0. The molecule has 0 aromatic carbocycles. The Balaban J connectivity index is 2.12. The quantitative estimate of drug-likeness (QED) is 0.663. The van der Waals surface area contributed by atoms with Gasteiger partial charge in [0.1, 0.15) is 0 Å². The van der Waals surface area contributed by atoms with E-state index in [4.69, 9.17) is 0 Å². The van der Waals surface area contributed by atoms with Crippen molar-refractivity contribution in [3.8, 4) is 0 Å². The maximum atomic E-state index is 3.56. The Hall–Kier alpha value is -0.0800. The van der Waals surface area contributed by atoms with Crippen LogP contribution in [0.25, 0.3) is 0 Å². The van der Waals surface area contributed by atoms with Crippen molar-refractivity contribution in [2.24, 2.45) is 0 Å². The van der Waals surface area contributed by atoms with Gasteiger partial charge in [0.2, 0.25) is 0 Å². The lowest BCUT2D eigenvalue weighted by Crippen LogP contribution is -2.61. The number of nitrogens with one attached hydrogen (secondary N) is 1. The van der Waals surface area contributed by atoms with Crippen LogP contribution in [0.1, 0.15) is 39.5 Å². The normalized spacial score (nSPS) is 28.8. The standard InChI is InChI=1S/C11H22N2/c1-10(2)13-8-7-12-9-11(13)5-3-4-6-11/h10,12H,3-9H2,1-2H3. The third kappa shape index (κ3) is 1.62. The van der Waals surface area contributed by atoms with Crippen LogP contribution in [0.2, 0.25) is 0 Å². The number of piperazine rings is 1. The third-order valence-electron chi connectivity index (χ3n) is 3.75. The summed E-state index contributed by atoms with van der Waals surface area (Å²) in [5, 5.41) is 3.56. The van der Waals surface area contributed by atoms with Gasteiger partial charge in [-0.2, -0.15) is 0 Å². The van der Waals surface area contributed by atoms with E-state index in [1.165, 1.54) is 45.3 Å². The molecule has 13 heavy (non-hydrogen) atoms. The Bertz CT molecular complexity index is 171. The zero-order chi connectivity index (χ0) is 9.31. The van der Waals surface area contributed by atoms with Crippen molar-refractivity contribution in [3.05, 3.63) is 0 Å². The summed E-state index contributed by atoms with van der Waals surface area (Å²) in [5.41, 5.74) is 0.534. The Morgan fingerprint density at radius 1 is 1.23 bits per heavy atom. The second-order valence-electron chi connectivity index (χ2n) is 4.90. The van der Waals surface area contributed by atoms with Crippen LogP contribution in [-0.2, 0) is 0 Å². The molecular weight excluding hydrogens is 160 g/mol. The zero-order valence-corrected chi connectivity index (χ0v) is 8.97. The van der Waals surface area contributed by atoms with E-state index in [-0.39, 0.29) is 0 Å². The van der Waals surface area contributed by atoms with Gasteiger partial charge in [0.05, 0.1) is 0 Å². The van der Waals surface area contributed by atoms with Gasteiger partial charge in [0, 0.05) is 31.2 Å². The SMILES string of the molecule is CC(C)N1CCNCC12CCCC2. The second-order valence-corrected chi connectivity index (χ2v) is 4.90. The molecule has 1 saturated heterocycles. The molecule has 2 rings (SSSR count). The summed E-state index contributed by atoms with van der Waals surface area (Å²) in [4.78, 5) is 2.73. The highest BCUT2D eigenvalue weighted by atomic mass is 15.3. The molecule has 1 spiro atoms. The topological polar surface area (TPSA) is 15.3 Å². The Kier molecular flexibility index (Phi) is 2.61. The van der Waals surface area contributed by atoms with Gasteiger partial charge < -0.3 is 5.32 Å². The predicted octanol–water partition coefficient (Wildman–Crippen LogP) is 1.61. The minimum atomic E-state index is 0.534. The van der Waals surface area contributed by atoms with Crippen LogP contribution in [0.5, 0.6) is 0 Å². The van der Waals surface area contributed by atoms with E-state index >= 15 is 0 Å². The zero-order valence-electron chi connectivity index (χ0n) is 8.97. The van der Waals surface area contributed by atoms with Crippen LogP contribution in [0.4, 0.5) is 0 Å². The van der Waals surface area contributed by atoms with Crippen molar-refractivity contribution in [2.45, 2.75) is 51.1 Å². The Morgan fingerprint density at radius 2 is 1.92 bits per heavy atom. The molecular formula is C11H22N2. The number of hydrogen-bond acceptors (Lipinski definition) is 2. The van der Waals surface area contributed by atoms with Crippen LogP contribution in [0.15, 0.2) is 0 Å². The maximum Gasteiger partial charge on any atom is 0.0337 e. The summed E-state index contributed by atoms with van der Waals surface area (Å²) in [6, 6.07) is 0.722. The fourth-order valence-electron chi connectivity index (χ4n) is 3.16. The van der Waals surface area contributed by atoms with Crippen LogP contribution in [0, 0.1) is 0 Å². The van der Waals surface area contributed by atoms with E-state index in [9.17, 15) is 0 Å². The fourth-order valence-corrected chi connectivity index (χ4v) is 3.16. The first-order valence-corrected chi connectivity index (χ1v) is 5.72. The summed E-state index contributed by atoms with van der Waals surface area (Å²) < 4.78 is 0. The van der Waals surface area contributed by atoms with Gasteiger partial charge in [0.15, 0.2) is 0 Å². The maximum absolute atomic E-state index is 3.56. The van der Waals surface area contributed by atoms with Gasteiger partial charge in [-0.05, 0) is 26.7 Å². The molecule has 0 aromatic rings. The largest absolute Gasteiger partial charge is 0.314 e. The van der Waals surface area contributed by atoms with Crippen molar-refractivity contribution in [1.29, 1.82) is 0 Å². The molecule has 1 saturated carbocycles. The molecule has 0 amide bonds. The highest BCUT2D eigenvalue weighted by Gasteiger charge is 2.41. The number of rotatable bonds is 1. The average molecular weight is 182 g/mol. The van der Waals surface area contributed by atoms with Crippen molar-refractivity contribution < 1.29 is 0 Å². The monoisotopic (exact) mass is 182 g/mol. The highest BCUT2D eigenvalue weighted by molar-refractivity contribution is 5.00. The van der Waals surface area contributed by atoms with Gasteiger partial charge in [0.25, 0.3) is 0 Å². The fraction of sp³-hybridized carbons (Fsp3) is 1.00. The van der Waals surface area contributed by atoms with Crippen molar-refractivity contribution in [3.63, 3.8) is 0 Å². The molecule has 2 aliphatic rings. The van der Waals surface area contributed by atoms with Gasteiger partial charge in [-0.1, -0.05) is 12.8 Å². The number of hydrogen-bond donors (Lipinski definition) is 1. The van der Waals surface area contributed by atoms with E-state index < -0.39 is 0 Å². The average Bonchev–Trinajstić information content (AvgIpc) is 2.54. The molecule has 2 fully saturated rings. The second kappa shape index (κ2) is 3.58. The van der Waals surface area contributed by atoms with Crippen molar-refractivity contribution in [2.75, 3.05) is 19.6 Å². The molecule has 0 atom stereocenters. The molecule has 0 bridgehead atoms. The van der Waals surface area contributed by atoms with E-state index in [0.29, 0.717) is 5.54 Å². The summed E-state index contributed by atoms with van der Waals surface area (Å²) in [7, 11) is 0. The summed E-state index contributed by atoms with van der Waals surface area (Å²) in [5.74, 6) is 0. The van der Waals surface area contributed by atoms with Gasteiger partial charge in [-0.25, -0.2) is 0 Å². The Morgan fingerprint density at radius 3 is 2.54 bits per heavy atom. The van der Waals surface area contributed by atoms with Crippen LogP contribution >= 0.6 is 0 Å². The molecule has 2 heteroatoms. The van der Waals surface area contributed by atoms with Gasteiger partial charge in [-0.3, -0.25) is 4.90 Å². The van der Waals surface area contributed by atoms with Crippen LogP contribution in [0.3, 0.4) is 0 Å². The molecule has 1 aliphatic carbocycles. The Labute approximate surface area is 81.7 Å². The first-order chi connectivity index (χ1) is 6.25. The molecule has 1 N–H and O–H groups in total. The van der Waals surface area contributed by atoms with Crippen molar-refractivity contribution >= 4 is 0 Å². The van der Waals surface area contributed by atoms with E-state index in [1.807, 2.05) is 0 Å². The van der Waals surface area contributed by atoms with Crippen LogP contribution < -0.4 is 5.32 Å². The lowest BCUT2D eigenvalue weighted by molar-refractivity contribution is 0.0363. The van der Waals surface area contributed by atoms with E-state index in [0.717, 1.165) is 6.04 Å². The third-order valence-corrected chi connectivity index (χ3v) is 3.75. The minimum absolute atomic E-state index is 0.534. The first kappa shape index (κ1) is 9.47. The molecule has 1 aliphatic heterocycles. The first-order valence-electron chi connectivity index (χ1n) is 5.72. The molecule has 2 nitrogen and oxygen atoms in total. The highest BCUT2D eigenvalue weighted by Crippen LogP contribution is 2.37. The van der Waals surface area contributed by atoms with E-state index in [1.54, 1.807) is 0 Å². The van der Waals surface area contributed by atoms with Crippen molar-refractivity contribution in [1.82, 2.24) is 10.2 Å². The summed E-state index contributed by atoms with van der Waals surface area (Å²) in [6.45, 7) is 8.33. The minimum Gasteiger partial charge on any atom is -0.314 e. The number of nitrogens with zero attached hydrogens (tertiary/aromatic N) is 1. The lowest BCUT2D eigenvalue weighted by Gasteiger charge is -2.47. The molecule has 0 radical (unpaired) electrons. The lowest BCUT2D eigenvalue weighted by atomic mass is 9.91. The molecule has 0 aromatic heterocycles. The molecule has 1 heterocycles. The van der Waals surface area contributed by atoms with Gasteiger partial charge in [-0.15, -0.1) is 0 Å². The summed E-state index contributed by atoms with van der Waals surface area (Å²) in [6.07, 6.45) is 5.70. The molecule has 76 valence electrons. The predicted molar refractivity (Wildman–Crippen MR) is 55.9 cm³/mol.